The number of halogens is 6. The van der Waals surface area contributed by atoms with E-state index in [0.717, 1.165) is 29.8 Å². The normalized spacial score (nSPS) is 28.6. The topological polar surface area (TPSA) is 20.2 Å². The van der Waals surface area contributed by atoms with E-state index >= 15 is 17.6 Å². The van der Waals surface area contributed by atoms with Crippen molar-refractivity contribution in [1.82, 2.24) is 0 Å². The second-order valence-electron chi connectivity index (χ2n) is 8.84. The maximum Gasteiger partial charge on any atom is 0.319 e. The molecule has 0 radical (unpaired) electrons. The van der Waals surface area contributed by atoms with E-state index in [9.17, 15) is 13.9 Å². The molecule has 3 saturated carbocycles. The number of phenolic OH excluding ortho intramolecular Hbond substituents is 1. The summed E-state index contributed by atoms with van der Waals surface area (Å²) in [6.45, 7) is 1.88. The van der Waals surface area contributed by atoms with Gasteiger partial charge in [0.05, 0.1) is 10.8 Å². The van der Waals surface area contributed by atoms with Crippen LogP contribution in [0.25, 0.3) is 12.2 Å². The third-order valence-electron chi connectivity index (χ3n) is 7.03. The fourth-order valence-corrected chi connectivity index (χ4v) is 4.80. The van der Waals surface area contributed by atoms with E-state index in [1.54, 1.807) is 12.1 Å². The smallest absolute Gasteiger partial charge is 0.319 e. The Morgan fingerprint density at radius 3 is 1.75 bits per heavy atom. The summed E-state index contributed by atoms with van der Waals surface area (Å²) in [5, 5.41) is 9.21. The number of aryl methyl sites for hydroxylation is 1. The average Bonchev–Trinajstić information content (AvgIpc) is 2.76. The minimum absolute atomic E-state index is 0.158. The lowest BCUT2D eigenvalue weighted by Crippen LogP contribution is -2.68. The number of hydrogen-bond donors (Lipinski definition) is 1. The third kappa shape index (κ3) is 3.16. The van der Waals surface area contributed by atoms with Crippen LogP contribution in [0.15, 0.2) is 48.6 Å². The molecule has 5 rings (SSSR count). The molecular weight excluding hydrogens is 430 g/mol. The highest BCUT2D eigenvalue weighted by Crippen LogP contribution is 2.71. The van der Waals surface area contributed by atoms with Crippen LogP contribution >= 0.6 is 0 Å². The van der Waals surface area contributed by atoms with Gasteiger partial charge in [-0.05, 0) is 50.3 Å². The number of fused-ring (bicyclic) bond motifs is 3. The Labute approximate surface area is 182 Å². The molecule has 1 N–H and O–H groups in total. The van der Waals surface area contributed by atoms with Crippen molar-refractivity contribution in [1.29, 1.82) is 0 Å². The highest BCUT2D eigenvalue weighted by Gasteiger charge is 2.80. The SMILES string of the molecule is Cc1ccc(/C=C/C23CCC(/C=C/c4ccc(O)c(F)c4F)(CC2)C(F)(F)C3(F)F)cc1. The Morgan fingerprint density at radius 1 is 0.719 bits per heavy atom. The van der Waals surface area contributed by atoms with Gasteiger partial charge in [0.1, 0.15) is 0 Å². The summed E-state index contributed by atoms with van der Waals surface area (Å²) in [7, 11) is 0. The Bertz CT molecular complexity index is 1080. The molecule has 2 bridgehead atoms. The molecule has 3 aliphatic rings. The Morgan fingerprint density at radius 2 is 1.22 bits per heavy atom. The first-order chi connectivity index (χ1) is 14.9. The van der Waals surface area contributed by atoms with Gasteiger partial charge in [-0.3, -0.25) is 0 Å². The second kappa shape index (κ2) is 7.42. The lowest BCUT2D eigenvalue weighted by molar-refractivity contribution is -0.344. The molecule has 0 spiro atoms. The molecule has 0 atom stereocenters. The molecule has 7 heteroatoms. The zero-order chi connectivity index (χ0) is 23.4. The van der Waals surface area contributed by atoms with Crippen molar-refractivity contribution in [2.45, 2.75) is 44.5 Å². The van der Waals surface area contributed by atoms with Crippen molar-refractivity contribution in [3.63, 3.8) is 0 Å². The van der Waals surface area contributed by atoms with Crippen LogP contribution in [-0.4, -0.2) is 17.0 Å². The van der Waals surface area contributed by atoms with Gasteiger partial charge < -0.3 is 5.11 Å². The molecule has 0 aliphatic heterocycles. The summed E-state index contributed by atoms with van der Waals surface area (Å²) < 4.78 is 88.6. The summed E-state index contributed by atoms with van der Waals surface area (Å²) >= 11 is 0. The van der Waals surface area contributed by atoms with Crippen LogP contribution in [0.5, 0.6) is 5.75 Å². The molecule has 0 aromatic heterocycles. The van der Waals surface area contributed by atoms with E-state index in [1.807, 2.05) is 19.1 Å². The van der Waals surface area contributed by atoms with E-state index in [0.29, 0.717) is 5.56 Å². The maximum absolute atomic E-state index is 15.3. The zero-order valence-electron chi connectivity index (χ0n) is 17.3. The van der Waals surface area contributed by atoms with Crippen molar-refractivity contribution in [2.75, 3.05) is 0 Å². The fourth-order valence-electron chi connectivity index (χ4n) is 4.80. The molecule has 0 heterocycles. The molecule has 2 aromatic rings. The van der Waals surface area contributed by atoms with Gasteiger partial charge >= 0.3 is 11.8 Å². The first kappa shape index (κ1) is 22.5. The van der Waals surface area contributed by atoms with Crippen LogP contribution in [0.4, 0.5) is 26.3 Å². The lowest BCUT2D eigenvalue weighted by Gasteiger charge is -2.59. The van der Waals surface area contributed by atoms with E-state index in [-0.39, 0.29) is 25.7 Å². The molecule has 1 nitrogen and oxygen atoms in total. The van der Waals surface area contributed by atoms with E-state index in [2.05, 4.69) is 0 Å². The summed E-state index contributed by atoms with van der Waals surface area (Å²) in [4.78, 5) is 0. The molecule has 0 unspecified atom stereocenters. The Hall–Kier alpha value is -2.70. The molecule has 0 saturated heterocycles. The van der Waals surface area contributed by atoms with Crippen LogP contribution < -0.4 is 0 Å². The molecule has 0 amide bonds. The Balaban J connectivity index is 1.67. The number of benzene rings is 2. The average molecular weight is 452 g/mol. The number of phenols is 1. The fraction of sp³-hybridized carbons (Fsp3) is 0.360. The number of hydrogen-bond acceptors (Lipinski definition) is 1. The number of allylic oxidation sites excluding steroid dienone is 2. The molecule has 3 aliphatic carbocycles. The summed E-state index contributed by atoms with van der Waals surface area (Å²) in [6.07, 6.45) is 3.73. The van der Waals surface area contributed by atoms with Gasteiger partial charge in [0.15, 0.2) is 11.6 Å². The quantitative estimate of drug-likeness (QED) is 0.475. The monoisotopic (exact) mass is 452 g/mol. The van der Waals surface area contributed by atoms with Crippen molar-refractivity contribution in [3.8, 4) is 5.75 Å². The highest BCUT2D eigenvalue weighted by molar-refractivity contribution is 5.55. The van der Waals surface area contributed by atoms with Crippen molar-refractivity contribution >= 4 is 12.2 Å². The number of rotatable bonds is 4. The highest BCUT2D eigenvalue weighted by atomic mass is 19.3. The first-order valence-corrected chi connectivity index (χ1v) is 10.3. The van der Waals surface area contributed by atoms with Crippen molar-refractivity contribution in [2.24, 2.45) is 10.8 Å². The molecular formula is C25H22F6O. The predicted octanol–water partition coefficient (Wildman–Crippen LogP) is 7.54. The van der Waals surface area contributed by atoms with Gasteiger partial charge in [-0.15, -0.1) is 0 Å². The van der Waals surface area contributed by atoms with E-state index in [4.69, 9.17) is 0 Å². The third-order valence-corrected chi connectivity index (χ3v) is 7.03. The summed E-state index contributed by atoms with van der Waals surface area (Å²) in [6, 6.07) is 8.99. The maximum atomic E-state index is 15.3. The molecule has 3 fully saturated rings. The van der Waals surface area contributed by atoms with Crippen LogP contribution in [0.3, 0.4) is 0 Å². The van der Waals surface area contributed by atoms with Gasteiger partial charge in [-0.25, -0.2) is 4.39 Å². The van der Waals surface area contributed by atoms with Crippen LogP contribution in [0.1, 0.15) is 42.4 Å². The standard InChI is InChI=1S/C25H22F6O/c1-16-2-4-17(5-3-16)8-10-22-12-14-23(15-13-22,25(30,31)24(22,28)29)11-9-18-6-7-19(32)21(27)20(18)26/h2-11,32H,12-15H2,1H3/b10-8+,11-9+. The second-order valence-corrected chi connectivity index (χ2v) is 8.84. The van der Waals surface area contributed by atoms with Crippen LogP contribution in [-0.2, 0) is 0 Å². The molecule has 170 valence electrons. The Kier molecular flexibility index (Phi) is 5.22. The first-order valence-electron chi connectivity index (χ1n) is 10.3. The molecule has 2 aromatic carbocycles. The number of alkyl halides is 4. The van der Waals surface area contributed by atoms with E-state index < -0.39 is 45.6 Å². The minimum atomic E-state index is -4.38. The van der Waals surface area contributed by atoms with Gasteiger partial charge in [0.2, 0.25) is 5.82 Å². The molecule has 32 heavy (non-hydrogen) atoms. The largest absolute Gasteiger partial charge is 0.505 e. The van der Waals surface area contributed by atoms with Gasteiger partial charge in [-0.2, -0.15) is 22.0 Å². The summed E-state index contributed by atoms with van der Waals surface area (Å²) in [5.74, 6) is -12.6. The minimum Gasteiger partial charge on any atom is -0.505 e. The van der Waals surface area contributed by atoms with Gasteiger partial charge in [0.25, 0.3) is 0 Å². The number of aromatic hydroxyl groups is 1. The van der Waals surface area contributed by atoms with Crippen LogP contribution in [0, 0.1) is 29.4 Å². The van der Waals surface area contributed by atoms with Gasteiger partial charge in [-0.1, -0.05) is 54.1 Å². The van der Waals surface area contributed by atoms with Crippen molar-refractivity contribution < 1.29 is 31.4 Å². The van der Waals surface area contributed by atoms with Gasteiger partial charge in [0, 0.05) is 5.56 Å². The van der Waals surface area contributed by atoms with E-state index in [1.165, 1.54) is 12.2 Å². The summed E-state index contributed by atoms with van der Waals surface area (Å²) in [5.41, 5.74) is -2.90. The predicted molar refractivity (Wildman–Crippen MR) is 110 cm³/mol. The van der Waals surface area contributed by atoms with Crippen molar-refractivity contribution in [3.05, 3.63) is 76.9 Å². The zero-order valence-corrected chi connectivity index (χ0v) is 17.3. The lowest BCUT2D eigenvalue weighted by atomic mass is 9.49. The van der Waals surface area contributed by atoms with Crippen LogP contribution in [0.2, 0.25) is 0 Å².